The Morgan fingerprint density at radius 2 is 2.12 bits per heavy atom. The number of likely N-dealkylation sites (tertiary alicyclic amines) is 2. The molecule has 3 rings (SSSR count). The Balaban J connectivity index is 1.77. The number of hydrogen-bond acceptors (Lipinski definition) is 4. The zero-order valence-corrected chi connectivity index (χ0v) is 15.0. The van der Waals surface area contributed by atoms with Gasteiger partial charge in [0.2, 0.25) is 5.91 Å². The van der Waals surface area contributed by atoms with Crippen LogP contribution in [0.4, 0.5) is 0 Å². The summed E-state index contributed by atoms with van der Waals surface area (Å²) in [5.41, 5.74) is 0.532. The Hall–Kier alpha value is -2.24. The molecule has 0 radical (unpaired) electrons. The maximum atomic E-state index is 12.9. The van der Waals surface area contributed by atoms with Crippen molar-refractivity contribution < 1.29 is 19.4 Å². The molecule has 2 fully saturated rings. The molecular weight excluding hydrogens is 320 g/mol. The first kappa shape index (κ1) is 17.6. The first-order valence-electron chi connectivity index (χ1n) is 8.92. The third-order valence-electron chi connectivity index (χ3n) is 5.51. The summed E-state index contributed by atoms with van der Waals surface area (Å²) in [6, 6.07) is 4.70. The van der Waals surface area contributed by atoms with Crippen molar-refractivity contribution in [3.05, 3.63) is 23.8 Å². The molecule has 2 saturated heterocycles. The number of methoxy groups -OCH3 is 1. The number of amides is 2. The van der Waals surface area contributed by atoms with Crippen molar-refractivity contribution >= 4 is 11.8 Å². The van der Waals surface area contributed by atoms with Gasteiger partial charge < -0.3 is 19.6 Å². The Morgan fingerprint density at radius 3 is 2.84 bits per heavy atom. The van der Waals surface area contributed by atoms with Crippen LogP contribution in [0.5, 0.6) is 11.5 Å². The summed E-state index contributed by atoms with van der Waals surface area (Å²) in [4.78, 5) is 28.7. The number of rotatable bonds is 3. The molecule has 1 aromatic rings. The minimum atomic E-state index is -0.0441. The van der Waals surface area contributed by atoms with Gasteiger partial charge in [0.05, 0.1) is 7.11 Å². The second-order valence-corrected chi connectivity index (χ2v) is 7.12. The van der Waals surface area contributed by atoms with Crippen molar-refractivity contribution in [3.8, 4) is 11.5 Å². The number of carbonyl (C=O) groups is 2. The number of hydrogen-bond donors (Lipinski definition) is 1. The lowest BCUT2D eigenvalue weighted by molar-refractivity contribution is -0.138. The minimum Gasteiger partial charge on any atom is -0.504 e. The number of phenols is 1. The number of aromatic hydroxyl groups is 1. The van der Waals surface area contributed by atoms with E-state index in [4.69, 9.17) is 4.74 Å². The Morgan fingerprint density at radius 1 is 1.32 bits per heavy atom. The van der Waals surface area contributed by atoms with Crippen LogP contribution in [0.15, 0.2) is 18.2 Å². The normalized spacial score (nSPS) is 23.8. The van der Waals surface area contributed by atoms with Gasteiger partial charge in [-0.05, 0) is 44.4 Å². The molecule has 25 heavy (non-hydrogen) atoms. The highest BCUT2D eigenvalue weighted by Gasteiger charge is 2.42. The zero-order valence-electron chi connectivity index (χ0n) is 15.0. The van der Waals surface area contributed by atoms with Gasteiger partial charge in [-0.3, -0.25) is 9.59 Å². The van der Waals surface area contributed by atoms with Gasteiger partial charge in [-0.2, -0.15) is 0 Å². The average molecular weight is 346 g/mol. The fourth-order valence-corrected chi connectivity index (χ4v) is 4.10. The van der Waals surface area contributed by atoms with Gasteiger partial charge in [-0.25, -0.2) is 0 Å². The van der Waals surface area contributed by atoms with E-state index in [1.807, 2.05) is 16.7 Å². The van der Waals surface area contributed by atoms with Gasteiger partial charge in [0, 0.05) is 43.6 Å². The number of benzene rings is 1. The molecule has 1 spiro atoms. The second-order valence-electron chi connectivity index (χ2n) is 7.12. The van der Waals surface area contributed by atoms with Crippen LogP contribution in [0, 0.1) is 5.41 Å². The molecule has 1 N–H and O–H groups in total. The summed E-state index contributed by atoms with van der Waals surface area (Å²) >= 11 is 0. The van der Waals surface area contributed by atoms with E-state index in [0.717, 1.165) is 38.9 Å². The van der Waals surface area contributed by atoms with Gasteiger partial charge in [-0.15, -0.1) is 0 Å². The predicted molar refractivity (Wildman–Crippen MR) is 93.7 cm³/mol. The Labute approximate surface area is 148 Å². The predicted octanol–water partition coefficient (Wildman–Crippen LogP) is 2.27. The van der Waals surface area contributed by atoms with Crippen LogP contribution in [-0.4, -0.2) is 60.0 Å². The molecule has 2 aliphatic heterocycles. The lowest BCUT2D eigenvalue weighted by Gasteiger charge is -2.48. The number of carbonyl (C=O) groups excluding carboxylic acids is 2. The molecule has 6 nitrogen and oxygen atoms in total. The van der Waals surface area contributed by atoms with E-state index in [2.05, 4.69) is 0 Å². The molecule has 0 saturated carbocycles. The van der Waals surface area contributed by atoms with Crippen molar-refractivity contribution in [3.63, 3.8) is 0 Å². The number of phenolic OH excluding ortho intramolecular Hbond substituents is 1. The first-order chi connectivity index (χ1) is 12.0. The van der Waals surface area contributed by atoms with Crippen LogP contribution in [0.25, 0.3) is 0 Å². The number of nitrogens with zero attached hydrogens (tertiary/aromatic N) is 2. The van der Waals surface area contributed by atoms with Gasteiger partial charge in [0.25, 0.3) is 5.91 Å². The number of piperidine rings is 2. The third-order valence-corrected chi connectivity index (χ3v) is 5.51. The van der Waals surface area contributed by atoms with Crippen LogP contribution < -0.4 is 4.74 Å². The van der Waals surface area contributed by atoms with E-state index in [0.29, 0.717) is 24.3 Å². The topological polar surface area (TPSA) is 70.1 Å². The maximum absolute atomic E-state index is 12.9. The van der Waals surface area contributed by atoms with E-state index in [9.17, 15) is 14.7 Å². The van der Waals surface area contributed by atoms with E-state index in [1.165, 1.54) is 13.2 Å². The summed E-state index contributed by atoms with van der Waals surface area (Å²) in [6.07, 6.45) is 3.43. The molecule has 0 unspecified atom stereocenters. The summed E-state index contributed by atoms with van der Waals surface area (Å²) < 4.78 is 5.11. The van der Waals surface area contributed by atoms with Gasteiger partial charge >= 0.3 is 0 Å². The Kier molecular flexibility index (Phi) is 4.88. The smallest absolute Gasteiger partial charge is 0.254 e. The SMILES string of the molecule is CCN1C[C@@]2(CCCN(C(=O)c3ccc(O)c(OC)c3)C2)CCC1=O. The molecule has 136 valence electrons. The highest BCUT2D eigenvalue weighted by molar-refractivity contribution is 5.95. The summed E-state index contributed by atoms with van der Waals surface area (Å²) in [7, 11) is 1.47. The minimum absolute atomic E-state index is 0.0127. The first-order valence-corrected chi connectivity index (χ1v) is 8.92. The van der Waals surface area contributed by atoms with Crippen molar-refractivity contribution in [2.75, 3.05) is 33.3 Å². The van der Waals surface area contributed by atoms with Gasteiger partial charge in [-0.1, -0.05) is 0 Å². The Bertz CT molecular complexity index is 675. The zero-order chi connectivity index (χ0) is 18.0. The van der Waals surface area contributed by atoms with Crippen LogP contribution in [0.2, 0.25) is 0 Å². The summed E-state index contributed by atoms with van der Waals surface area (Å²) in [6.45, 7) is 4.88. The fraction of sp³-hybridized carbons (Fsp3) is 0.579. The molecule has 0 aliphatic carbocycles. The largest absolute Gasteiger partial charge is 0.504 e. The second kappa shape index (κ2) is 6.94. The van der Waals surface area contributed by atoms with Crippen molar-refractivity contribution in [1.82, 2.24) is 9.80 Å². The van der Waals surface area contributed by atoms with Gasteiger partial charge in [0.15, 0.2) is 11.5 Å². The molecular formula is C19H26N2O4. The molecule has 0 bridgehead atoms. The third kappa shape index (κ3) is 3.43. The van der Waals surface area contributed by atoms with Gasteiger partial charge in [0.1, 0.15) is 0 Å². The van der Waals surface area contributed by atoms with Crippen LogP contribution >= 0.6 is 0 Å². The van der Waals surface area contributed by atoms with E-state index < -0.39 is 0 Å². The number of ether oxygens (including phenoxy) is 1. The molecule has 1 atom stereocenters. The van der Waals surface area contributed by atoms with Crippen molar-refractivity contribution in [2.45, 2.75) is 32.6 Å². The van der Waals surface area contributed by atoms with E-state index >= 15 is 0 Å². The summed E-state index contributed by atoms with van der Waals surface area (Å²) in [5.74, 6) is 0.508. The highest BCUT2D eigenvalue weighted by atomic mass is 16.5. The van der Waals surface area contributed by atoms with Crippen molar-refractivity contribution in [2.24, 2.45) is 5.41 Å². The van der Waals surface area contributed by atoms with Crippen LogP contribution in [0.3, 0.4) is 0 Å². The average Bonchev–Trinajstić information content (AvgIpc) is 2.64. The lowest BCUT2D eigenvalue weighted by atomic mass is 9.73. The molecule has 2 aliphatic rings. The van der Waals surface area contributed by atoms with E-state index in [-0.39, 0.29) is 23.0 Å². The molecule has 1 aromatic carbocycles. The van der Waals surface area contributed by atoms with Crippen molar-refractivity contribution in [1.29, 1.82) is 0 Å². The standard InChI is InChI=1S/C19H26N2O4/c1-3-20-12-19(9-7-17(20)23)8-4-10-21(13-19)18(24)14-5-6-15(22)16(11-14)25-2/h5-6,11,22H,3-4,7-10,12-13H2,1-2H3/t19-/m1/s1. The lowest BCUT2D eigenvalue weighted by Crippen LogP contribution is -2.55. The molecule has 0 aromatic heterocycles. The monoisotopic (exact) mass is 346 g/mol. The molecule has 2 heterocycles. The maximum Gasteiger partial charge on any atom is 0.254 e. The highest BCUT2D eigenvalue weighted by Crippen LogP contribution is 2.39. The summed E-state index contributed by atoms with van der Waals surface area (Å²) in [5, 5.41) is 9.72. The molecule has 2 amide bonds. The quantitative estimate of drug-likeness (QED) is 0.911. The van der Waals surface area contributed by atoms with E-state index in [1.54, 1.807) is 12.1 Å². The molecule has 6 heteroatoms. The van der Waals surface area contributed by atoms with Crippen LogP contribution in [-0.2, 0) is 4.79 Å². The van der Waals surface area contributed by atoms with Crippen LogP contribution in [0.1, 0.15) is 43.0 Å². The fourth-order valence-electron chi connectivity index (χ4n) is 4.10.